The van der Waals surface area contributed by atoms with E-state index in [0.717, 1.165) is 0 Å². The van der Waals surface area contributed by atoms with Crippen molar-refractivity contribution in [3.05, 3.63) is 0 Å². The Morgan fingerprint density at radius 1 is 0.429 bits per heavy atom. The first-order chi connectivity index (χ1) is 6.00. The van der Waals surface area contributed by atoms with Crippen LogP contribution in [0.25, 0.3) is 0 Å². The van der Waals surface area contributed by atoms with Gasteiger partial charge in [0.25, 0.3) is 0 Å². The Hall–Kier alpha value is 4.09. The van der Waals surface area contributed by atoms with Crippen LogP contribution in [0, 0.1) is 0 Å². The van der Waals surface area contributed by atoms with E-state index in [-0.39, 0.29) is 141 Å². The zero-order valence-electron chi connectivity index (χ0n) is 11.0. The smallest absolute Gasteiger partial charge is 0.759 e. The van der Waals surface area contributed by atoms with Crippen molar-refractivity contribution in [1.82, 2.24) is 0 Å². The molecule has 109 valence electrons. The quantitative estimate of drug-likeness (QED) is 0.188. The predicted molar refractivity (Wildman–Crippen MR) is 35.0 cm³/mol. The minimum absolute atomic E-state index is 0. The molecule has 0 spiro atoms. The SMILES string of the molecule is O.O=S(=O)([O-])[O-].O=S(=O)([O-])[O-].O=S(=O)([O-])[O-].[Mn+2].[Na+].[Na+].[Na+].[Na+]. The summed E-state index contributed by atoms with van der Waals surface area (Å²) in [7, 11) is -15.5. The zero-order valence-corrected chi connectivity index (χ0v) is 22.6. The van der Waals surface area contributed by atoms with Crippen LogP contribution in [-0.2, 0) is 48.3 Å². The molecule has 0 fully saturated rings. The Morgan fingerprint density at radius 3 is 0.429 bits per heavy atom. The zero-order chi connectivity index (χ0) is 13.5. The molecule has 0 bridgehead atoms. The molecular formula is H2MnNa4O13S3. The topological polar surface area (TPSA) is 272 Å². The van der Waals surface area contributed by atoms with Crippen molar-refractivity contribution < 1.29 is 193 Å². The van der Waals surface area contributed by atoms with Gasteiger partial charge in [0.2, 0.25) is 0 Å². The number of hydrogen-bond acceptors (Lipinski definition) is 12. The van der Waals surface area contributed by atoms with E-state index in [0.29, 0.717) is 0 Å². The third-order valence-electron chi connectivity index (χ3n) is 0. The minimum Gasteiger partial charge on any atom is -0.759 e. The van der Waals surface area contributed by atoms with E-state index in [4.69, 9.17) is 52.6 Å². The summed E-state index contributed by atoms with van der Waals surface area (Å²) in [4.78, 5) is 0. The maximum Gasteiger partial charge on any atom is 2.00 e. The third kappa shape index (κ3) is 703. The van der Waals surface area contributed by atoms with Crippen molar-refractivity contribution in [2.75, 3.05) is 0 Å². The molecule has 0 aliphatic heterocycles. The van der Waals surface area contributed by atoms with Gasteiger partial charge >= 0.3 is 135 Å². The second-order valence-corrected chi connectivity index (χ2v) is 3.67. The Kier molecular flexibility index (Phi) is 70.5. The molecule has 0 aliphatic rings. The molecule has 0 aromatic carbocycles. The molecule has 21 heavy (non-hydrogen) atoms. The van der Waals surface area contributed by atoms with E-state index in [1.807, 2.05) is 0 Å². The second-order valence-electron chi connectivity index (χ2n) is 1.22. The fourth-order valence-electron chi connectivity index (χ4n) is 0. The van der Waals surface area contributed by atoms with Crippen LogP contribution in [0.15, 0.2) is 0 Å². The summed E-state index contributed by atoms with van der Waals surface area (Å²) >= 11 is 0. The first-order valence-electron chi connectivity index (χ1n) is 2.00. The molecule has 13 nitrogen and oxygen atoms in total. The van der Waals surface area contributed by atoms with Gasteiger partial charge in [-0.25, -0.2) is 0 Å². The van der Waals surface area contributed by atoms with E-state index in [1.165, 1.54) is 0 Å². The summed E-state index contributed by atoms with van der Waals surface area (Å²) in [5.41, 5.74) is 0. The Morgan fingerprint density at radius 2 is 0.429 bits per heavy atom. The van der Waals surface area contributed by atoms with E-state index in [9.17, 15) is 0 Å². The third-order valence-corrected chi connectivity index (χ3v) is 0. The number of rotatable bonds is 0. The van der Waals surface area contributed by atoms with Gasteiger partial charge in [-0.05, 0) is 0 Å². The van der Waals surface area contributed by atoms with E-state index >= 15 is 0 Å². The normalized spacial score (nSPS) is 8.29. The first-order valence-corrected chi connectivity index (χ1v) is 6.00. The molecule has 0 rings (SSSR count). The molecule has 0 saturated carbocycles. The van der Waals surface area contributed by atoms with Crippen LogP contribution in [0.1, 0.15) is 0 Å². The van der Waals surface area contributed by atoms with E-state index in [1.54, 1.807) is 0 Å². The molecule has 0 atom stereocenters. The van der Waals surface area contributed by atoms with Crippen LogP contribution in [-0.4, -0.2) is 58.0 Å². The molecule has 2 N–H and O–H groups in total. The summed E-state index contributed by atoms with van der Waals surface area (Å²) in [6, 6.07) is 0. The van der Waals surface area contributed by atoms with E-state index in [2.05, 4.69) is 0 Å². The molecule has 21 heteroatoms. The summed E-state index contributed by atoms with van der Waals surface area (Å²) in [6.45, 7) is 0. The van der Waals surface area contributed by atoms with Gasteiger partial charge in [-0.2, -0.15) is 0 Å². The van der Waals surface area contributed by atoms with Crippen molar-refractivity contribution in [2.24, 2.45) is 0 Å². The van der Waals surface area contributed by atoms with Gasteiger partial charge in [-0.3, -0.25) is 25.3 Å². The van der Waals surface area contributed by atoms with Crippen molar-refractivity contribution >= 4 is 31.2 Å². The van der Waals surface area contributed by atoms with Crippen LogP contribution in [0.5, 0.6) is 0 Å². The van der Waals surface area contributed by atoms with Gasteiger partial charge < -0.3 is 32.8 Å². The van der Waals surface area contributed by atoms with Crippen molar-refractivity contribution in [3.63, 3.8) is 0 Å². The van der Waals surface area contributed by atoms with Gasteiger partial charge in [0.1, 0.15) is 0 Å². The Labute approximate surface area is 220 Å². The van der Waals surface area contributed by atoms with Gasteiger partial charge in [-0.15, -0.1) is 0 Å². The Bertz CT molecular complexity index is 352. The van der Waals surface area contributed by atoms with Gasteiger partial charge in [0, 0.05) is 31.2 Å². The van der Waals surface area contributed by atoms with Gasteiger partial charge in [0.05, 0.1) is 0 Å². The molecular weight excluding hydrogens is 451 g/mol. The van der Waals surface area contributed by atoms with E-state index < -0.39 is 31.2 Å². The average Bonchev–Trinajstić information content (AvgIpc) is 1.41. The summed E-state index contributed by atoms with van der Waals surface area (Å²) in [5, 5.41) is 0. The fraction of sp³-hybridized carbons (Fsp3) is 0. The molecule has 0 unspecified atom stereocenters. The van der Waals surface area contributed by atoms with Gasteiger partial charge in [0.15, 0.2) is 0 Å². The maximum atomic E-state index is 8.52. The van der Waals surface area contributed by atoms with Crippen LogP contribution >= 0.6 is 0 Å². The number of hydrogen-bond donors (Lipinski definition) is 0. The fourth-order valence-corrected chi connectivity index (χ4v) is 0. The van der Waals surface area contributed by atoms with Crippen LogP contribution < -0.4 is 118 Å². The van der Waals surface area contributed by atoms with Crippen molar-refractivity contribution in [2.45, 2.75) is 0 Å². The second kappa shape index (κ2) is 26.3. The van der Waals surface area contributed by atoms with Crippen LogP contribution in [0.3, 0.4) is 0 Å². The molecule has 0 aromatic rings. The summed E-state index contributed by atoms with van der Waals surface area (Å²) in [6.07, 6.45) is 0. The van der Waals surface area contributed by atoms with Crippen molar-refractivity contribution in [3.8, 4) is 0 Å². The predicted octanol–water partition coefficient (Wildman–Crippen LogP) is -16.8. The van der Waals surface area contributed by atoms with Crippen molar-refractivity contribution in [1.29, 1.82) is 0 Å². The molecule has 1 radical (unpaired) electrons. The van der Waals surface area contributed by atoms with Gasteiger partial charge in [-0.1, -0.05) is 0 Å². The minimum atomic E-state index is -5.17. The molecule has 0 amide bonds. The van der Waals surface area contributed by atoms with Crippen LogP contribution in [0.2, 0.25) is 0 Å². The maximum absolute atomic E-state index is 8.52. The summed E-state index contributed by atoms with van der Waals surface area (Å²) in [5.74, 6) is 0. The van der Waals surface area contributed by atoms with Crippen LogP contribution in [0.4, 0.5) is 0 Å². The monoisotopic (exact) mass is 453 g/mol. The largest absolute Gasteiger partial charge is 2.00 e. The standard InChI is InChI=1S/Mn.4Na.3H2O4S.H2O/c;;;;;3*1-5(2,3)4;/h;;;;;3*(H2,1,2,3,4);1H2/q+2;4*+1;;;;/p-6. The molecule has 0 saturated heterocycles. The molecule has 0 aliphatic carbocycles. The average molecular weight is 453 g/mol. The summed E-state index contributed by atoms with van der Waals surface area (Å²) < 4.78 is 102. The first kappa shape index (κ1) is 56.2. The molecule has 0 heterocycles. The Balaban J connectivity index is -0.0000000129. The molecule has 0 aromatic heterocycles.